The number of hydrogen-bond donors (Lipinski definition) is 0. The number of hydrogen-bond acceptors (Lipinski definition) is 3. The molecule has 0 amide bonds. The molecule has 0 unspecified atom stereocenters. The predicted octanol–water partition coefficient (Wildman–Crippen LogP) is 1.69. The van der Waals surface area contributed by atoms with Crippen molar-refractivity contribution in [2.75, 3.05) is 19.6 Å². The average molecular weight is 256 g/mol. The standard InChI is InChI=1S/C12H18ClN3O/c1-10-14-11(13)9-12(17)16(10)8-7-15-5-3-2-4-6-15/h9H,2-8H2,1H3. The van der Waals surface area contributed by atoms with E-state index in [1.165, 1.54) is 25.3 Å². The van der Waals surface area contributed by atoms with Crippen LogP contribution >= 0.6 is 11.6 Å². The number of nitrogens with zero attached hydrogens (tertiary/aromatic N) is 3. The fraction of sp³-hybridized carbons (Fsp3) is 0.667. The summed E-state index contributed by atoms with van der Waals surface area (Å²) in [6.45, 7) is 5.74. The van der Waals surface area contributed by atoms with Crippen LogP contribution in [0.15, 0.2) is 10.9 Å². The Morgan fingerprint density at radius 1 is 1.29 bits per heavy atom. The second kappa shape index (κ2) is 5.65. The molecule has 0 N–H and O–H groups in total. The third-order valence-corrected chi connectivity index (χ3v) is 3.45. The zero-order chi connectivity index (χ0) is 12.3. The first-order valence-electron chi connectivity index (χ1n) is 6.13. The number of aromatic nitrogens is 2. The Balaban J connectivity index is 2.01. The van der Waals surface area contributed by atoms with Crippen molar-refractivity contribution in [2.24, 2.45) is 0 Å². The summed E-state index contributed by atoms with van der Waals surface area (Å²) in [6.07, 6.45) is 3.87. The molecule has 1 aliphatic heterocycles. The van der Waals surface area contributed by atoms with E-state index in [2.05, 4.69) is 9.88 Å². The van der Waals surface area contributed by atoms with E-state index in [0.717, 1.165) is 19.6 Å². The molecule has 1 aromatic heterocycles. The molecule has 17 heavy (non-hydrogen) atoms. The van der Waals surface area contributed by atoms with Crippen molar-refractivity contribution >= 4 is 11.6 Å². The maximum atomic E-state index is 11.8. The fourth-order valence-electron chi connectivity index (χ4n) is 2.28. The number of rotatable bonds is 3. The van der Waals surface area contributed by atoms with Crippen molar-refractivity contribution in [3.63, 3.8) is 0 Å². The minimum atomic E-state index is -0.0560. The van der Waals surface area contributed by atoms with Crippen molar-refractivity contribution < 1.29 is 0 Å². The molecule has 4 nitrogen and oxygen atoms in total. The van der Waals surface area contributed by atoms with Gasteiger partial charge in [-0.05, 0) is 32.9 Å². The van der Waals surface area contributed by atoms with Crippen LogP contribution < -0.4 is 5.56 Å². The van der Waals surface area contributed by atoms with Crippen molar-refractivity contribution in [3.8, 4) is 0 Å². The molecule has 0 atom stereocenters. The van der Waals surface area contributed by atoms with Crippen LogP contribution in [-0.2, 0) is 6.54 Å². The summed E-state index contributed by atoms with van der Waals surface area (Å²) >= 11 is 5.74. The Morgan fingerprint density at radius 3 is 2.65 bits per heavy atom. The van der Waals surface area contributed by atoms with Crippen LogP contribution in [0.5, 0.6) is 0 Å². The average Bonchev–Trinajstić information content (AvgIpc) is 2.29. The zero-order valence-electron chi connectivity index (χ0n) is 10.2. The first-order chi connectivity index (χ1) is 8.16. The molecule has 5 heteroatoms. The minimum Gasteiger partial charge on any atom is -0.302 e. The van der Waals surface area contributed by atoms with Crippen LogP contribution in [-0.4, -0.2) is 34.1 Å². The largest absolute Gasteiger partial charge is 0.302 e. The molecule has 0 bridgehead atoms. The highest BCUT2D eigenvalue weighted by Gasteiger charge is 2.11. The van der Waals surface area contributed by atoms with Gasteiger partial charge >= 0.3 is 0 Å². The van der Waals surface area contributed by atoms with Gasteiger partial charge in [-0.15, -0.1) is 0 Å². The summed E-state index contributed by atoms with van der Waals surface area (Å²) < 4.78 is 1.69. The van der Waals surface area contributed by atoms with E-state index in [1.807, 2.05) is 6.92 Å². The molecule has 2 heterocycles. The van der Waals surface area contributed by atoms with Gasteiger partial charge in [0, 0.05) is 19.2 Å². The molecule has 0 radical (unpaired) electrons. The summed E-state index contributed by atoms with van der Waals surface area (Å²) in [5, 5.41) is 0.279. The van der Waals surface area contributed by atoms with Gasteiger partial charge in [0.1, 0.15) is 11.0 Å². The van der Waals surface area contributed by atoms with Gasteiger partial charge in [0.2, 0.25) is 0 Å². The van der Waals surface area contributed by atoms with Crippen LogP contribution in [0.1, 0.15) is 25.1 Å². The lowest BCUT2D eigenvalue weighted by Gasteiger charge is -2.26. The molecule has 0 aliphatic carbocycles. The van der Waals surface area contributed by atoms with E-state index in [1.54, 1.807) is 4.57 Å². The van der Waals surface area contributed by atoms with Gasteiger partial charge in [0.15, 0.2) is 0 Å². The molecule has 1 fully saturated rings. The molecular formula is C12H18ClN3O. The van der Waals surface area contributed by atoms with Crippen molar-refractivity contribution in [2.45, 2.75) is 32.7 Å². The number of likely N-dealkylation sites (tertiary alicyclic amines) is 1. The van der Waals surface area contributed by atoms with Crippen LogP contribution in [0.25, 0.3) is 0 Å². The summed E-state index contributed by atoms with van der Waals surface area (Å²) in [6, 6.07) is 1.38. The molecular weight excluding hydrogens is 238 g/mol. The van der Waals surface area contributed by atoms with E-state index < -0.39 is 0 Å². The third kappa shape index (κ3) is 3.30. The van der Waals surface area contributed by atoms with Gasteiger partial charge in [-0.1, -0.05) is 18.0 Å². The smallest absolute Gasteiger partial charge is 0.255 e. The first kappa shape index (κ1) is 12.6. The highest BCUT2D eigenvalue weighted by Crippen LogP contribution is 2.08. The lowest BCUT2D eigenvalue weighted by Crippen LogP contribution is -2.35. The number of halogens is 1. The van der Waals surface area contributed by atoms with Gasteiger partial charge < -0.3 is 4.90 Å². The van der Waals surface area contributed by atoms with Crippen LogP contribution in [0.2, 0.25) is 5.15 Å². The quantitative estimate of drug-likeness (QED) is 0.772. The molecule has 94 valence electrons. The molecule has 2 rings (SSSR count). The molecule has 1 aliphatic rings. The van der Waals surface area contributed by atoms with Crippen molar-refractivity contribution in [1.82, 2.24) is 14.5 Å². The summed E-state index contributed by atoms with van der Waals surface area (Å²) in [5.41, 5.74) is -0.0560. The second-order valence-corrected chi connectivity index (χ2v) is 4.91. The van der Waals surface area contributed by atoms with Gasteiger partial charge in [-0.2, -0.15) is 0 Å². The van der Waals surface area contributed by atoms with E-state index >= 15 is 0 Å². The van der Waals surface area contributed by atoms with Crippen molar-refractivity contribution in [3.05, 3.63) is 27.4 Å². The van der Waals surface area contributed by atoms with E-state index in [-0.39, 0.29) is 10.7 Å². The highest BCUT2D eigenvalue weighted by atomic mass is 35.5. The normalized spacial score (nSPS) is 17.3. The summed E-state index contributed by atoms with van der Waals surface area (Å²) in [7, 11) is 0. The maximum Gasteiger partial charge on any atom is 0.255 e. The fourth-order valence-corrected chi connectivity index (χ4v) is 2.50. The SMILES string of the molecule is Cc1nc(Cl)cc(=O)n1CCN1CCCCC1. The van der Waals surface area contributed by atoms with E-state index in [4.69, 9.17) is 11.6 Å². The Morgan fingerprint density at radius 2 is 2.00 bits per heavy atom. The Bertz CT molecular complexity index is 438. The Labute approximate surface area is 106 Å². The van der Waals surface area contributed by atoms with Gasteiger partial charge in [-0.25, -0.2) is 4.98 Å². The predicted molar refractivity (Wildman–Crippen MR) is 68.5 cm³/mol. The Hall–Kier alpha value is -0.870. The molecule has 0 saturated carbocycles. The lowest BCUT2D eigenvalue weighted by molar-refractivity contribution is 0.219. The molecule has 1 saturated heterocycles. The van der Waals surface area contributed by atoms with E-state index in [9.17, 15) is 4.79 Å². The summed E-state index contributed by atoms with van der Waals surface area (Å²) in [4.78, 5) is 18.3. The lowest BCUT2D eigenvalue weighted by atomic mass is 10.1. The Kier molecular flexibility index (Phi) is 4.18. The summed E-state index contributed by atoms with van der Waals surface area (Å²) in [5.74, 6) is 0.694. The van der Waals surface area contributed by atoms with Gasteiger partial charge in [-0.3, -0.25) is 9.36 Å². The number of piperidine rings is 1. The van der Waals surface area contributed by atoms with E-state index in [0.29, 0.717) is 12.4 Å². The third-order valence-electron chi connectivity index (χ3n) is 3.26. The monoisotopic (exact) mass is 255 g/mol. The maximum absolute atomic E-state index is 11.8. The van der Waals surface area contributed by atoms with Crippen LogP contribution in [0, 0.1) is 6.92 Å². The minimum absolute atomic E-state index is 0.0560. The van der Waals surface area contributed by atoms with Crippen molar-refractivity contribution in [1.29, 1.82) is 0 Å². The zero-order valence-corrected chi connectivity index (χ0v) is 10.9. The van der Waals surface area contributed by atoms with Gasteiger partial charge in [0.05, 0.1) is 0 Å². The molecule has 0 spiro atoms. The molecule has 0 aromatic carbocycles. The highest BCUT2D eigenvalue weighted by molar-refractivity contribution is 6.29. The number of aryl methyl sites for hydroxylation is 1. The first-order valence-corrected chi connectivity index (χ1v) is 6.51. The van der Waals surface area contributed by atoms with Crippen LogP contribution in [0.4, 0.5) is 0 Å². The topological polar surface area (TPSA) is 38.1 Å². The van der Waals surface area contributed by atoms with Gasteiger partial charge in [0.25, 0.3) is 5.56 Å². The second-order valence-electron chi connectivity index (χ2n) is 4.52. The molecule has 1 aromatic rings. The van der Waals surface area contributed by atoms with Crippen LogP contribution in [0.3, 0.4) is 0 Å².